The van der Waals surface area contributed by atoms with Crippen LogP contribution in [0.3, 0.4) is 0 Å². The second-order valence-electron chi connectivity index (χ2n) is 4.11. The first-order valence-corrected chi connectivity index (χ1v) is 5.78. The fourth-order valence-corrected chi connectivity index (χ4v) is 1.93. The predicted octanol–water partition coefficient (Wildman–Crippen LogP) is 1.88. The Labute approximate surface area is 105 Å². The molecule has 1 aliphatic heterocycles. The van der Waals surface area contributed by atoms with E-state index in [1.807, 2.05) is 6.07 Å². The third-order valence-corrected chi connectivity index (χ3v) is 2.70. The quantitative estimate of drug-likeness (QED) is 0.830. The van der Waals surface area contributed by atoms with Gasteiger partial charge in [0, 0.05) is 31.4 Å². The normalized spacial score (nSPS) is 15.3. The van der Waals surface area contributed by atoms with Gasteiger partial charge in [-0.2, -0.15) is 0 Å². The largest absolute Gasteiger partial charge is 0.378 e. The lowest BCUT2D eigenvalue weighted by Gasteiger charge is -2.29. The summed E-state index contributed by atoms with van der Waals surface area (Å²) in [5.74, 6) is -0.175. The molecular weight excluding hydrogens is 234 g/mol. The maximum atomic E-state index is 11.0. The number of carbonyl (C=O) groups is 1. The van der Waals surface area contributed by atoms with Crippen molar-refractivity contribution in [2.45, 2.75) is 6.92 Å². The van der Waals surface area contributed by atoms with E-state index in [1.165, 1.54) is 6.92 Å². The van der Waals surface area contributed by atoms with Gasteiger partial charge in [0.2, 0.25) is 5.91 Å². The topological polar surface area (TPSA) is 71.0 Å². The van der Waals surface area contributed by atoms with Crippen molar-refractivity contribution in [3.05, 3.63) is 23.1 Å². The highest BCUT2D eigenvalue weighted by Gasteiger charge is 2.13. The standard InChI is InChI=1S/C12H15N3O3/c1-9(16)13-10-6-11(14-17)8-12(7-10)15-2-4-18-5-3-15/h6-8H,2-5H2,1H3,(H,13,16). The molecule has 2 rings (SSSR count). The number of hydrogen-bond donors (Lipinski definition) is 1. The van der Waals surface area contributed by atoms with Crippen molar-refractivity contribution in [3.8, 4) is 0 Å². The molecule has 1 heterocycles. The Balaban J connectivity index is 2.27. The van der Waals surface area contributed by atoms with Crippen molar-refractivity contribution in [3.63, 3.8) is 0 Å². The SMILES string of the molecule is CC(=O)Nc1cc(N=O)cc(N2CCOCC2)c1. The number of ether oxygens (including phenoxy) is 1. The van der Waals surface area contributed by atoms with Crippen molar-refractivity contribution >= 4 is 23.0 Å². The predicted molar refractivity (Wildman–Crippen MR) is 69.2 cm³/mol. The molecule has 0 radical (unpaired) electrons. The molecule has 1 aromatic rings. The third-order valence-electron chi connectivity index (χ3n) is 2.70. The van der Waals surface area contributed by atoms with E-state index in [0.717, 1.165) is 18.8 Å². The maximum Gasteiger partial charge on any atom is 0.221 e. The molecule has 0 aromatic heterocycles. The van der Waals surface area contributed by atoms with Crippen LogP contribution in [-0.4, -0.2) is 32.2 Å². The van der Waals surface area contributed by atoms with Gasteiger partial charge in [-0.05, 0) is 23.4 Å². The van der Waals surface area contributed by atoms with Crippen LogP contribution in [0.4, 0.5) is 17.1 Å². The Bertz CT molecular complexity index is 456. The molecule has 1 N–H and O–H groups in total. The Morgan fingerprint density at radius 2 is 2.06 bits per heavy atom. The molecule has 0 saturated carbocycles. The summed E-state index contributed by atoms with van der Waals surface area (Å²) in [5.41, 5.74) is 1.77. The van der Waals surface area contributed by atoms with Gasteiger partial charge in [0.25, 0.3) is 0 Å². The van der Waals surface area contributed by atoms with Crippen LogP contribution in [0, 0.1) is 4.91 Å². The number of nitrogens with zero attached hydrogens (tertiary/aromatic N) is 2. The van der Waals surface area contributed by atoms with Crippen LogP contribution in [0.15, 0.2) is 23.4 Å². The summed E-state index contributed by atoms with van der Waals surface area (Å²) < 4.78 is 5.28. The molecule has 1 aromatic carbocycles. The van der Waals surface area contributed by atoms with E-state index in [2.05, 4.69) is 15.4 Å². The smallest absolute Gasteiger partial charge is 0.221 e. The monoisotopic (exact) mass is 249 g/mol. The summed E-state index contributed by atoms with van der Waals surface area (Å²) in [6.07, 6.45) is 0. The van der Waals surface area contributed by atoms with Gasteiger partial charge in [0.1, 0.15) is 5.69 Å². The first kappa shape index (κ1) is 12.5. The number of carbonyl (C=O) groups excluding carboxylic acids is 1. The van der Waals surface area contributed by atoms with Crippen molar-refractivity contribution in [2.75, 3.05) is 36.5 Å². The van der Waals surface area contributed by atoms with Gasteiger partial charge in [-0.25, -0.2) is 0 Å². The minimum Gasteiger partial charge on any atom is -0.378 e. The van der Waals surface area contributed by atoms with E-state index in [4.69, 9.17) is 4.74 Å². The second-order valence-corrected chi connectivity index (χ2v) is 4.11. The number of nitrogens with one attached hydrogen (secondary N) is 1. The van der Waals surface area contributed by atoms with Crippen LogP contribution in [0.25, 0.3) is 0 Å². The van der Waals surface area contributed by atoms with E-state index in [9.17, 15) is 9.70 Å². The highest BCUT2D eigenvalue weighted by Crippen LogP contribution is 2.27. The number of hydrogen-bond acceptors (Lipinski definition) is 5. The number of morpholine rings is 1. The van der Waals surface area contributed by atoms with Gasteiger partial charge in [-0.15, -0.1) is 4.91 Å². The lowest BCUT2D eigenvalue weighted by molar-refractivity contribution is -0.114. The molecule has 0 atom stereocenters. The van der Waals surface area contributed by atoms with Gasteiger partial charge in [-0.1, -0.05) is 0 Å². The molecule has 1 saturated heterocycles. The molecule has 0 bridgehead atoms. The molecular formula is C12H15N3O3. The van der Waals surface area contributed by atoms with Crippen molar-refractivity contribution in [2.24, 2.45) is 5.18 Å². The zero-order valence-corrected chi connectivity index (χ0v) is 10.2. The maximum absolute atomic E-state index is 11.0. The second kappa shape index (κ2) is 5.59. The van der Waals surface area contributed by atoms with Crippen LogP contribution < -0.4 is 10.2 Å². The molecule has 1 aliphatic rings. The third kappa shape index (κ3) is 3.04. The molecule has 6 nitrogen and oxygen atoms in total. The van der Waals surface area contributed by atoms with Crippen LogP contribution in [-0.2, 0) is 9.53 Å². The number of nitroso groups, excluding NO2 is 1. The summed E-state index contributed by atoms with van der Waals surface area (Å²) in [5, 5.41) is 5.60. The van der Waals surface area contributed by atoms with Crippen LogP contribution in [0.2, 0.25) is 0 Å². The van der Waals surface area contributed by atoms with Crippen LogP contribution >= 0.6 is 0 Å². The molecule has 1 amide bonds. The Morgan fingerprint density at radius 3 is 2.67 bits per heavy atom. The minimum atomic E-state index is -0.175. The molecule has 96 valence electrons. The van der Waals surface area contributed by atoms with Crippen LogP contribution in [0.1, 0.15) is 6.92 Å². The number of rotatable bonds is 3. The summed E-state index contributed by atoms with van der Waals surface area (Å²) in [7, 11) is 0. The van der Waals surface area contributed by atoms with E-state index >= 15 is 0 Å². The lowest BCUT2D eigenvalue weighted by Crippen LogP contribution is -2.36. The minimum absolute atomic E-state index is 0.175. The van der Waals surface area contributed by atoms with E-state index in [1.54, 1.807) is 12.1 Å². The van der Waals surface area contributed by atoms with Gasteiger partial charge in [-0.3, -0.25) is 4.79 Å². The molecule has 0 aliphatic carbocycles. The van der Waals surface area contributed by atoms with Gasteiger partial charge in [0.05, 0.1) is 13.2 Å². The summed E-state index contributed by atoms with van der Waals surface area (Å²) >= 11 is 0. The number of amides is 1. The summed E-state index contributed by atoms with van der Waals surface area (Å²) in [6, 6.07) is 5.10. The molecule has 0 unspecified atom stereocenters. The lowest BCUT2D eigenvalue weighted by atomic mass is 10.2. The Morgan fingerprint density at radius 1 is 1.33 bits per heavy atom. The van der Waals surface area contributed by atoms with Gasteiger partial charge < -0.3 is 15.0 Å². The summed E-state index contributed by atoms with van der Waals surface area (Å²) in [6.45, 7) is 4.28. The van der Waals surface area contributed by atoms with Crippen molar-refractivity contribution in [1.82, 2.24) is 0 Å². The Kier molecular flexibility index (Phi) is 3.88. The fraction of sp³-hybridized carbons (Fsp3) is 0.417. The highest BCUT2D eigenvalue weighted by molar-refractivity contribution is 5.90. The zero-order valence-electron chi connectivity index (χ0n) is 10.2. The van der Waals surface area contributed by atoms with E-state index in [0.29, 0.717) is 24.6 Å². The first-order valence-electron chi connectivity index (χ1n) is 5.78. The molecule has 1 fully saturated rings. The number of benzene rings is 1. The summed E-state index contributed by atoms with van der Waals surface area (Å²) in [4.78, 5) is 23.8. The van der Waals surface area contributed by atoms with E-state index < -0.39 is 0 Å². The van der Waals surface area contributed by atoms with Crippen molar-refractivity contribution in [1.29, 1.82) is 0 Å². The molecule has 0 spiro atoms. The zero-order chi connectivity index (χ0) is 13.0. The highest BCUT2D eigenvalue weighted by atomic mass is 16.5. The molecule has 18 heavy (non-hydrogen) atoms. The van der Waals surface area contributed by atoms with Gasteiger partial charge >= 0.3 is 0 Å². The number of anilines is 2. The average molecular weight is 249 g/mol. The average Bonchev–Trinajstić information content (AvgIpc) is 2.38. The van der Waals surface area contributed by atoms with E-state index in [-0.39, 0.29) is 5.91 Å². The van der Waals surface area contributed by atoms with Crippen molar-refractivity contribution < 1.29 is 9.53 Å². The fourth-order valence-electron chi connectivity index (χ4n) is 1.93. The Hall–Kier alpha value is -1.95. The molecule has 6 heteroatoms. The van der Waals surface area contributed by atoms with Gasteiger partial charge in [0.15, 0.2) is 0 Å². The van der Waals surface area contributed by atoms with Crippen LogP contribution in [0.5, 0.6) is 0 Å². The first-order chi connectivity index (χ1) is 8.69.